The minimum atomic E-state index is -1.40. The molecule has 0 N–H and O–H groups in total. The van der Waals surface area contributed by atoms with E-state index in [0.29, 0.717) is 73.1 Å². The summed E-state index contributed by atoms with van der Waals surface area (Å²) in [7, 11) is 0. The van der Waals surface area contributed by atoms with Gasteiger partial charge in [0.05, 0.1) is 37.6 Å². The Morgan fingerprint density at radius 2 is 0.712 bits per heavy atom. The second kappa shape index (κ2) is 40.6. The van der Waals surface area contributed by atoms with Gasteiger partial charge in [-0.1, -0.05) is 194 Å². The van der Waals surface area contributed by atoms with E-state index in [1.54, 1.807) is 24.3 Å². The lowest BCUT2D eigenvalue weighted by Crippen LogP contribution is -2.40. The minimum Gasteiger partial charge on any atom is -0.493 e. The van der Waals surface area contributed by atoms with Gasteiger partial charge in [0.2, 0.25) is 0 Å². The van der Waals surface area contributed by atoms with E-state index in [1.165, 1.54) is 77.0 Å². The monoisotopic (exact) mass is 1020 g/mol. The van der Waals surface area contributed by atoms with Crippen LogP contribution >= 0.6 is 0 Å². The van der Waals surface area contributed by atoms with Gasteiger partial charge in [0.1, 0.15) is 36.2 Å². The SMILES string of the molecule is CCCCCCC(CC)COc1cc(OCC(CC)CCCCCC)cc(C(=O)OCC(CN=[N+]=[N-])(CN=[N+]=[N-])COC(=O)c2cc(OCC(CC)CCCCCC)cc(OCC(CC)CCCCCC)c2)c1. The normalized spacial score (nSPS) is 13.6. The number of carbonyl (C=O) groups excluding carboxylic acids is 2. The second-order valence-electron chi connectivity index (χ2n) is 20.6. The molecule has 14 heteroatoms. The zero-order chi connectivity index (χ0) is 53.4. The highest BCUT2D eigenvalue weighted by atomic mass is 16.6. The molecule has 14 nitrogen and oxygen atoms in total. The minimum absolute atomic E-state index is 0.208. The molecule has 0 aromatic heterocycles. The summed E-state index contributed by atoms with van der Waals surface area (Å²) in [6.45, 7) is 18.2. The molecule has 0 aliphatic heterocycles. The van der Waals surface area contributed by atoms with Crippen molar-refractivity contribution in [2.45, 2.75) is 209 Å². The van der Waals surface area contributed by atoms with Crippen LogP contribution in [-0.2, 0) is 9.47 Å². The number of ether oxygens (including phenoxy) is 6. The lowest BCUT2D eigenvalue weighted by molar-refractivity contribution is 0.000355. The van der Waals surface area contributed by atoms with Crippen molar-refractivity contribution in [1.82, 2.24) is 0 Å². The number of nitrogens with zero attached hydrogens (tertiary/aromatic N) is 6. The summed E-state index contributed by atoms with van der Waals surface area (Å²) >= 11 is 0. The van der Waals surface area contributed by atoms with Crippen LogP contribution in [-0.4, -0.2) is 64.7 Å². The van der Waals surface area contributed by atoms with Crippen molar-refractivity contribution in [3.8, 4) is 23.0 Å². The van der Waals surface area contributed by atoms with Gasteiger partial charge in [0.25, 0.3) is 0 Å². The fourth-order valence-corrected chi connectivity index (χ4v) is 8.87. The highest BCUT2D eigenvalue weighted by molar-refractivity contribution is 5.91. The van der Waals surface area contributed by atoms with Gasteiger partial charge in [0, 0.05) is 40.5 Å². The lowest BCUT2D eigenvalue weighted by Gasteiger charge is -2.29. The Labute approximate surface area is 441 Å². The fourth-order valence-electron chi connectivity index (χ4n) is 8.87. The molecule has 4 atom stereocenters. The van der Waals surface area contributed by atoms with Crippen LogP contribution in [0.3, 0.4) is 0 Å². The quantitative estimate of drug-likeness (QED) is 0.0206. The van der Waals surface area contributed by atoms with Gasteiger partial charge in [-0.3, -0.25) is 0 Å². The predicted octanol–water partition coefficient (Wildman–Crippen LogP) is 17.8. The topological polar surface area (TPSA) is 187 Å². The van der Waals surface area contributed by atoms with E-state index in [9.17, 15) is 20.7 Å². The molecule has 0 saturated heterocycles. The summed E-state index contributed by atoms with van der Waals surface area (Å²) < 4.78 is 37.5. The van der Waals surface area contributed by atoms with Crippen molar-refractivity contribution in [3.63, 3.8) is 0 Å². The molecule has 73 heavy (non-hydrogen) atoms. The first-order valence-corrected chi connectivity index (χ1v) is 28.7. The van der Waals surface area contributed by atoms with Crippen molar-refractivity contribution in [2.75, 3.05) is 52.7 Å². The standard InChI is InChI=1S/C59H98N6O8/c1-9-17-21-25-29-47(13-5)39-68-53-33-51(34-54(37-53)69-40-48(14-6)30-26-22-18-10-2)57(66)72-45-59(43-62-64-60,44-63-65-61)46-73-58(67)52-35-55(70-41-49(15-7)31-27-23-19-11-3)38-56(36-52)71-42-50(16-8)32-28-24-20-12-4/h33-38,47-50H,9-32,39-46H2,1-8H3. The summed E-state index contributed by atoms with van der Waals surface area (Å²) in [4.78, 5) is 34.2. The van der Waals surface area contributed by atoms with E-state index in [1.807, 2.05) is 12.1 Å². The molecule has 0 fully saturated rings. The van der Waals surface area contributed by atoms with Gasteiger partial charge >= 0.3 is 11.9 Å². The zero-order valence-corrected chi connectivity index (χ0v) is 46.9. The molecule has 2 rings (SSSR count). The fraction of sp³-hybridized carbons (Fsp3) is 0.763. The van der Waals surface area contributed by atoms with Gasteiger partial charge in [0.15, 0.2) is 0 Å². The van der Waals surface area contributed by atoms with Crippen LogP contribution < -0.4 is 18.9 Å². The highest BCUT2D eigenvalue weighted by Crippen LogP contribution is 2.31. The van der Waals surface area contributed by atoms with E-state index in [4.69, 9.17) is 28.4 Å². The van der Waals surface area contributed by atoms with E-state index in [0.717, 1.165) is 77.0 Å². The maximum Gasteiger partial charge on any atom is 0.338 e. The lowest BCUT2D eigenvalue weighted by atomic mass is 9.90. The molecule has 0 bridgehead atoms. The third-order valence-corrected chi connectivity index (χ3v) is 14.3. The number of unbranched alkanes of at least 4 members (excludes halogenated alkanes) is 12. The summed E-state index contributed by atoms with van der Waals surface area (Å²) in [6, 6.07) is 10.3. The summed E-state index contributed by atoms with van der Waals surface area (Å²) in [5.41, 5.74) is 18.0. The molecule has 0 saturated carbocycles. The molecule has 4 unspecified atom stereocenters. The van der Waals surface area contributed by atoms with Crippen LogP contribution in [0, 0.1) is 29.1 Å². The van der Waals surface area contributed by atoms with Gasteiger partial charge in [-0.2, -0.15) is 0 Å². The molecule has 2 aromatic rings. The Kier molecular flexibility index (Phi) is 35.7. The van der Waals surface area contributed by atoms with Gasteiger partial charge < -0.3 is 28.4 Å². The average molecular weight is 1020 g/mol. The zero-order valence-electron chi connectivity index (χ0n) is 46.9. The second-order valence-corrected chi connectivity index (χ2v) is 20.6. The third kappa shape index (κ3) is 27.9. The molecule has 0 spiro atoms. The number of azide groups is 2. The number of hydrogen-bond donors (Lipinski definition) is 0. The molecular formula is C59H98N6O8. The van der Waals surface area contributed by atoms with E-state index in [2.05, 4.69) is 75.4 Å². The van der Waals surface area contributed by atoms with Crippen molar-refractivity contribution in [2.24, 2.45) is 39.3 Å². The Hall–Kier alpha value is -4.80. The number of benzene rings is 2. The maximum absolute atomic E-state index is 14.1. The first kappa shape index (κ1) is 64.3. The first-order valence-electron chi connectivity index (χ1n) is 28.7. The largest absolute Gasteiger partial charge is 0.493 e. The van der Waals surface area contributed by atoms with Crippen molar-refractivity contribution in [1.29, 1.82) is 0 Å². The molecule has 412 valence electrons. The summed E-state index contributed by atoms with van der Waals surface area (Å²) in [6.07, 6.45) is 27.1. The third-order valence-electron chi connectivity index (χ3n) is 14.3. The summed E-state index contributed by atoms with van der Waals surface area (Å²) in [5.74, 6) is 2.06. The van der Waals surface area contributed by atoms with Gasteiger partial charge in [-0.05, 0) is 84.7 Å². The van der Waals surface area contributed by atoms with Crippen LogP contribution in [0.2, 0.25) is 0 Å². The van der Waals surface area contributed by atoms with Crippen LogP contribution in [0.4, 0.5) is 0 Å². The molecule has 0 heterocycles. The Morgan fingerprint density at radius 1 is 0.438 bits per heavy atom. The Balaban J connectivity index is 2.44. The molecular weight excluding hydrogens is 921 g/mol. The Bertz CT molecular complexity index is 1670. The average Bonchev–Trinajstić information content (AvgIpc) is 3.41. The number of esters is 2. The van der Waals surface area contributed by atoms with Gasteiger partial charge in [-0.15, -0.1) is 0 Å². The van der Waals surface area contributed by atoms with Crippen molar-refractivity contribution in [3.05, 3.63) is 68.4 Å². The van der Waals surface area contributed by atoms with E-state index in [-0.39, 0.29) is 24.2 Å². The number of carbonyl (C=O) groups is 2. The molecule has 0 amide bonds. The maximum atomic E-state index is 14.1. The van der Waals surface area contributed by atoms with Crippen molar-refractivity contribution >= 4 is 11.9 Å². The molecule has 0 aliphatic rings. The van der Waals surface area contributed by atoms with Crippen LogP contribution in [0.15, 0.2) is 46.6 Å². The van der Waals surface area contributed by atoms with Gasteiger partial charge in [-0.25, -0.2) is 9.59 Å². The first-order chi connectivity index (χ1) is 35.6. The highest BCUT2D eigenvalue weighted by Gasteiger charge is 2.34. The predicted molar refractivity (Wildman–Crippen MR) is 296 cm³/mol. The molecule has 2 aromatic carbocycles. The molecule has 0 aliphatic carbocycles. The van der Waals surface area contributed by atoms with E-state index >= 15 is 0 Å². The summed E-state index contributed by atoms with van der Waals surface area (Å²) in [5, 5.41) is 7.62. The molecule has 0 radical (unpaired) electrons. The number of hydrogen-bond acceptors (Lipinski definition) is 10. The Morgan fingerprint density at radius 3 is 0.945 bits per heavy atom. The van der Waals surface area contributed by atoms with Crippen LogP contribution in [0.1, 0.15) is 230 Å². The van der Waals surface area contributed by atoms with E-state index < -0.39 is 30.6 Å². The van der Waals surface area contributed by atoms with Crippen LogP contribution in [0.5, 0.6) is 23.0 Å². The van der Waals surface area contributed by atoms with Crippen molar-refractivity contribution < 1.29 is 38.0 Å². The number of rotatable bonds is 46. The smallest absolute Gasteiger partial charge is 0.338 e. The van der Waals surface area contributed by atoms with Crippen LogP contribution in [0.25, 0.3) is 20.9 Å².